The molecule has 1 unspecified atom stereocenters. The molecule has 118 valence electrons. The fourth-order valence-electron chi connectivity index (χ4n) is 2.54. The number of hydrogen-bond donors (Lipinski definition) is 3. The Labute approximate surface area is 140 Å². The van der Waals surface area contributed by atoms with Gasteiger partial charge in [0.25, 0.3) is 0 Å². The van der Waals surface area contributed by atoms with Crippen LogP contribution in [-0.2, 0) is 6.42 Å². The van der Waals surface area contributed by atoms with Crippen molar-refractivity contribution < 1.29 is 10.2 Å². The van der Waals surface area contributed by atoms with Gasteiger partial charge in [-0.3, -0.25) is 0 Å². The number of benzene rings is 2. The Kier molecular flexibility index (Phi) is 6.58. The standard InChI is InChI=1S/C18H22BrNO2/c1-13-4-2-3-5-16(13)18(22)17-12-15(19)7-6-14(17)8-9-20-10-11-21/h2-7,12,18,20-22H,8-11H2,1H3. The lowest BCUT2D eigenvalue weighted by molar-refractivity contribution is 0.218. The molecule has 0 aliphatic heterocycles. The van der Waals surface area contributed by atoms with Crippen LogP contribution in [0.5, 0.6) is 0 Å². The average Bonchev–Trinajstić information content (AvgIpc) is 2.52. The second-order valence-electron chi connectivity index (χ2n) is 5.33. The molecule has 1 atom stereocenters. The highest BCUT2D eigenvalue weighted by atomic mass is 79.9. The van der Waals surface area contributed by atoms with Crippen molar-refractivity contribution in [1.82, 2.24) is 5.32 Å². The van der Waals surface area contributed by atoms with Crippen molar-refractivity contribution in [2.24, 2.45) is 0 Å². The van der Waals surface area contributed by atoms with Crippen molar-refractivity contribution >= 4 is 15.9 Å². The van der Waals surface area contributed by atoms with E-state index in [0.29, 0.717) is 6.54 Å². The smallest absolute Gasteiger partial charge is 0.105 e. The van der Waals surface area contributed by atoms with Crippen LogP contribution in [0.15, 0.2) is 46.9 Å². The summed E-state index contributed by atoms with van der Waals surface area (Å²) >= 11 is 3.49. The highest BCUT2D eigenvalue weighted by Gasteiger charge is 2.16. The van der Waals surface area contributed by atoms with Gasteiger partial charge in [0, 0.05) is 11.0 Å². The Morgan fingerprint density at radius 1 is 1.09 bits per heavy atom. The van der Waals surface area contributed by atoms with Crippen LogP contribution in [0.2, 0.25) is 0 Å². The molecule has 4 heteroatoms. The van der Waals surface area contributed by atoms with Gasteiger partial charge < -0.3 is 15.5 Å². The maximum Gasteiger partial charge on any atom is 0.105 e. The molecule has 0 spiro atoms. The maximum absolute atomic E-state index is 10.8. The van der Waals surface area contributed by atoms with Crippen molar-refractivity contribution in [3.05, 3.63) is 69.2 Å². The molecule has 0 aliphatic rings. The third kappa shape index (κ3) is 4.40. The molecule has 0 fully saturated rings. The lowest BCUT2D eigenvalue weighted by Crippen LogP contribution is -2.21. The lowest BCUT2D eigenvalue weighted by atomic mass is 9.93. The topological polar surface area (TPSA) is 52.5 Å². The second kappa shape index (κ2) is 8.44. The second-order valence-corrected chi connectivity index (χ2v) is 6.24. The zero-order valence-electron chi connectivity index (χ0n) is 12.7. The zero-order valence-corrected chi connectivity index (χ0v) is 14.3. The van der Waals surface area contributed by atoms with Gasteiger partial charge in [0.05, 0.1) is 6.61 Å². The molecule has 0 amide bonds. The quantitative estimate of drug-likeness (QED) is 0.662. The van der Waals surface area contributed by atoms with Crippen LogP contribution in [0.4, 0.5) is 0 Å². The fourth-order valence-corrected chi connectivity index (χ4v) is 2.92. The predicted octanol–water partition coefficient (Wildman–Crippen LogP) is 2.96. The lowest BCUT2D eigenvalue weighted by Gasteiger charge is -2.18. The van der Waals surface area contributed by atoms with Gasteiger partial charge in [0.15, 0.2) is 0 Å². The normalized spacial score (nSPS) is 12.4. The monoisotopic (exact) mass is 363 g/mol. The Hall–Kier alpha value is -1.20. The molecule has 0 aromatic heterocycles. The molecule has 0 bridgehead atoms. The summed E-state index contributed by atoms with van der Waals surface area (Å²) < 4.78 is 0.960. The minimum absolute atomic E-state index is 0.138. The molecule has 0 radical (unpaired) electrons. The molecule has 2 aromatic carbocycles. The van der Waals surface area contributed by atoms with Crippen molar-refractivity contribution in [1.29, 1.82) is 0 Å². The number of aliphatic hydroxyl groups is 2. The first-order valence-electron chi connectivity index (χ1n) is 7.47. The summed E-state index contributed by atoms with van der Waals surface area (Å²) in [6.07, 6.45) is 0.178. The van der Waals surface area contributed by atoms with E-state index in [2.05, 4.69) is 21.2 Å². The summed E-state index contributed by atoms with van der Waals surface area (Å²) in [4.78, 5) is 0. The van der Waals surface area contributed by atoms with E-state index >= 15 is 0 Å². The van der Waals surface area contributed by atoms with Gasteiger partial charge in [0.1, 0.15) is 6.10 Å². The van der Waals surface area contributed by atoms with E-state index in [1.165, 1.54) is 0 Å². The molecule has 2 rings (SSSR count). The van der Waals surface area contributed by atoms with Crippen LogP contribution < -0.4 is 5.32 Å². The molecule has 0 saturated carbocycles. The van der Waals surface area contributed by atoms with E-state index < -0.39 is 6.10 Å². The largest absolute Gasteiger partial charge is 0.395 e. The Morgan fingerprint density at radius 2 is 1.86 bits per heavy atom. The van der Waals surface area contributed by atoms with Gasteiger partial charge in [-0.1, -0.05) is 46.3 Å². The first-order chi connectivity index (χ1) is 10.6. The summed E-state index contributed by atoms with van der Waals surface area (Å²) in [6, 6.07) is 13.9. The summed E-state index contributed by atoms with van der Waals surface area (Å²) in [5, 5.41) is 22.8. The highest BCUT2D eigenvalue weighted by Crippen LogP contribution is 2.29. The number of nitrogens with one attached hydrogen (secondary N) is 1. The SMILES string of the molecule is Cc1ccccc1C(O)c1cc(Br)ccc1CCNCCO. The molecular weight excluding hydrogens is 342 g/mol. The van der Waals surface area contributed by atoms with Gasteiger partial charge >= 0.3 is 0 Å². The first kappa shape index (κ1) is 17.2. The van der Waals surface area contributed by atoms with Crippen LogP contribution in [0.1, 0.15) is 28.4 Å². The summed E-state index contributed by atoms with van der Waals surface area (Å²) in [5.41, 5.74) is 4.06. The van der Waals surface area contributed by atoms with E-state index in [0.717, 1.165) is 39.7 Å². The number of halogens is 1. The van der Waals surface area contributed by atoms with Gasteiger partial charge in [-0.2, -0.15) is 0 Å². The molecular formula is C18H22BrNO2. The van der Waals surface area contributed by atoms with Crippen molar-refractivity contribution in [3.63, 3.8) is 0 Å². The highest BCUT2D eigenvalue weighted by molar-refractivity contribution is 9.10. The molecule has 0 saturated heterocycles. The third-order valence-corrected chi connectivity index (χ3v) is 4.24. The molecule has 2 aromatic rings. The van der Waals surface area contributed by atoms with Gasteiger partial charge in [0.2, 0.25) is 0 Å². The Bertz CT molecular complexity index is 616. The van der Waals surface area contributed by atoms with Crippen LogP contribution in [0.3, 0.4) is 0 Å². The van der Waals surface area contributed by atoms with Crippen LogP contribution in [0.25, 0.3) is 0 Å². The molecule has 22 heavy (non-hydrogen) atoms. The minimum atomic E-state index is -0.633. The predicted molar refractivity (Wildman–Crippen MR) is 93.0 cm³/mol. The number of aliphatic hydroxyl groups excluding tert-OH is 2. The average molecular weight is 364 g/mol. The molecule has 0 heterocycles. The van der Waals surface area contributed by atoms with Gasteiger partial charge in [-0.15, -0.1) is 0 Å². The maximum atomic E-state index is 10.8. The third-order valence-electron chi connectivity index (χ3n) is 3.75. The van der Waals surface area contributed by atoms with Gasteiger partial charge in [-0.05, 0) is 54.3 Å². The van der Waals surface area contributed by atoms with Gasteiger partial charge in [-0.25, -0.2) is 0 Å². The summed E-state index contributed by atoms with van der Waals surface area (Å²) in [7, 11) is 0. The summed E-state index contributed by atoms with van der Waals surface area (Å²) in [6.45, 7) is 3.51. The first-order valence-corrected chi connectivity index (χ1v) is 8.26. The van der Waals surface area contributed by atoms with E-state index in [4.69, 9.17) is 5.11 Å². The van der Waals surface area contributed by atoms with E-state index in [1.54, 1.807) is 0 Å². The van der Waals surface area contributed by atoms with E-state index in [-0.39, 0.29) is 6.61 Å². The number of aryl methyl sites for hydroxylation is 1. The van der Waals surface area contributed by atoms with E-state index in [1.807, 2.05) is 49.4 Å². The Morgan fingerprint density at radius 3 is 2.59 bits per heavy atom. The fraction of sp³-hybridized carbons (Fsp3) is 0.333. The molecule has 3 nitrogen and oxygen atoms in total. The molecule has 0 aliphatic carbocycles. The zero-order chi connectivity index (χ0) is 15.9. The van der Waals surface area contributed by atoms with Crippen molar-refractivity contribution in [2.75, 3.05) is 19.7 Å². The minimum Gasteiger partial charge on any atom is -0.395 e. The van der Waals surface area contributed by atoms with Crippen molar-refractivity contribution in [3.8, 4) is 0 Å². The van der Waals surface area contributed by atoms with Crippen molar-refractivity contribution in [2.45, 2.75) is 19.4 Å². The van der Waals surface area contributed by atoms with Crippen LogP contribution in [0, 0.1) is 6.92 Å². The molecule has 3 N–H and O–H groups in total. The van der Waals surface area contributed by atoms with Crippen LogP contribution >= 0.6 is 15.9 Å². The van der Waals surface area contributed by atoms with Crippen LogP contribution in [-0.4, -0.2) is 29.9 Å². The Balaban J connectivity index is 2.24. The summed E-state index contributed by atoms with van der Waals surface area (Å²) in [5.74, 6) is 0. The number of rotatable bonds is 7. The van der Waals surface area contributed by atoms with E-state index in [9.17, 15) is 5.11 Å². The number of hydrogen-bond acceptors (Lipinski definition) is 3.